The van der Waals surface area contributed by atoms with Crippen molar-refractivity contribution in [2.45, 2.75) is 179 Å². The topological polar surface area (TPSA) is 507 Å². The molecule has 4 saturated heterocycles. The largest absolute Gasteiger partial charge is 0.480 e. The van der Waals surface area contributed by atoms with Gasteiger partial charge in [-0.1, -0.05) is 61.4 Å². The number of aliphatic hydroxyl groups excluding tert-OH is 2. The number of aliphatic hydroxyl groups is 2. The molecule has 3 unspecified atom stereocenters. The lowest BCUT2D eigenvalue weighted by Gasteiger charge is -2.38. The smallest absolute Gasteiger partial charge is 0.326 e. The number of thioether (sulfide) groups is 1. The molecule has 8 amide bonds. The lowest BCUT2D eigenvalue weighted by Crippen LogP contribution is -2.59. The van der Waals surface area contributed by atoms with E-state index in [1.54, 1.807) is 47.0 Å². The monoisotopic (exact) mass is 1330 g/mol. The van der Waals surface area contributed by atoms with E-state index in [2.05, 4.69) is 46.5 Å². The third-order valence-corrected chi connectivity index (χ3v) is 19.1. The van der Waals surface area contributed by atoms with Crippen LogP contribution in [0.2, 0.25) is 0 Å². The Kier molecular flexibility index (Phi) is 27.8. The van der Waals surface area contributed by atoms with Gasteiger partial charge in [-0.3, -0.25) is 58.2 Å². The second kappa shape index (κ2) is 35.8. The van der Waals surface area contributed by atoms with Gasteiger partial charge in [0.1, 0.15) is 36.3 Å². The molecule has 2 aromatic rings. The zero-order valence-electron chi connectivity index (χ0n) is 53.1. The molecule has 0 bridgehead atoms. The number of nitrogens with two attached hydrogens (primary N) is 7. The van der Waals surface area contributed by atoms with Crippen molar-refractivity contribution in [2.75, 3.05) is 59.0 Å². The number of carbonyl (C=O) groups excluding carboxylic acids is 8. The first kappa shape index (κ1) is 73.1. The number of β-amino-alcohol motifs (C(OH)–C–C–N with tert-alkyl or cyclic N) is 1. The Morgan fingerprint density at radius 1 is 0.606 bits per heavy atom. The molecule has 0 aromatic heterocycles. The van der Waals surface area contributed by atoms with Crippen molar-refractivity contribution in [1.29, 1.82) is 0 Å². The maximum absolute atomic E-state index is 15.0. The summed E-state index contributed by atoms with van der Waals surface area (Å²) in [5.74, 6) is -6.75. The average molecular weight is 1330 g/mol. The summed E-state index contributed by atoms with van der Waals surface area (Å²) in [5.41, 5.74) is 39.6. The summed E-state index contributed by atoms with van der Waals surface area (Å²) >= 11 is 1.58. The van der Waals surface area contributed by atoms with Gasteiger partial charge in [-0.05, 0) is 101 Å². The fourth-order valence-corrected chi connectivity index (χ4v) is 14.6. The van der Waals surface area contributed by atoms with Gasteiger partial charge in [-0.15, -0.1) is 11.8 Å². The predicted molar refractivity (Wildman–Crippen MR) is 351 cm³/mol. The third-order valence-electron chi connectivity index (χ3n) is 17.9. The van der Waals surface area contributed by atoms with E-state index in [4.69, 9.17) is 40.1 Å². The van der Waals surface area contributed by atoms with Gasteiger partial charge in [0.25, 0.3) is 0 Å². The van der Waals surface area contributed by atoms with Gasteiger partial charge in [0, 0.05) is 80.9 Å². The molecular formula is C62H95N19O12S. The number of fused-ring (bicyclic) bond motifs is 1. The van der Waals surface area contributed by atoms with Crippen molar-refractivity contribution in [2.24, 2.45) is 61.0 Å². The van der Waals surface area contributed by atoms with Crippen LogP contribution in [-0.2, 0) is 49.6 Å². The summed E-state index contributed by atoms with van der Waals surface area (Å²) in [5, 5.41) is 45.4. The van der Waals surface area contributed by atoms with Crippen LogP contribution in [0, 0.1) is 5.92 Å². The Bertz CT molecular complexity index is 3010. The van der Waals surface area contributed by atoms with Crippen molar-refractivity contribution in [3.05, 3.63) is 66.2 Å². The normalized spacial score (nSPS) is 23.3. The number of guanidine groups is 3. The summed E-state index contributed by atoms with van der Waals surface area (Å²) in [4.78, 5) is 146. The highest BCUT2D eigenvalue weighted by atomic mass is 32.2. The number of carboxylic acid groups (broad SMARTS) is 1. The summed E-state index contributed by atoms with van der Waals surface area (Å²) in [6, 6.07) is 8.55. The van der Waals surface area contributed by atoms with Crippen LogP contribution in [0.4, 0.5) is 0 Å². The van der Waals surface area contributed by atoms with Crippen LogP contribution < -0.4 is 66.7 Å². The highest BCUT2D eigenvalue weighted by Crippen LogP contribution is 2.42. The molecule has 31 nitrogen and oxygen atoms in total. The Labute approximate surface area is 551 Å². The molecule has 1 aliphatic carbocycles. The Balaban J connectivity index is 1.02. The standard InChI is InChI=1S/C62H95N19O12S/c63-42(18-9-23-70-60(64)65)52(85)75-43(19-10-24-71-61(66)67)56(89)78-26-12-22-48(78)58(91)81-33-39(83)30-50(81)54(87)73-31-51(84)74-45(27-36-13-3-1-4-14-36)53(86)77-46(35-82)57(90)79-34-41(94-40-16-5-2-6-17-40)29-38(79)32-80-47-21-8-7-15-37(47)28-49(80)55(88)76-44(59(92)93)20-11-25-72-62(68)69/h1-6,13-14,16-17,37-39,41-50,82-83H,7-12,15,18-35,63H2,(H,73,87)(H,74,84)(H,75,85)(H,76,88)(H,77,86)(H,92,93)(H4,64,65,70)(H4,66,67,71)(H4,68,69,72)/t37?,38-,39-,41+,42-,43+,44+,45+,46+,47?,48+,49?,50+/m1/s1. The zero-order valence-corrected chi connectivity index (χ0v) is 53.9. The summed E-state index contributed by atoms with van der Waals surface area (Å²) in [6.45, 7) is -0.621. The number of carboxylic acids is 1. The molecule has 0 radical (unpaired) electrons. The third kappa shape index (κ3) is 21.1. The first-order valence-corrected chi connectivity index (χ1v) is 33.2. The van der Waals surface area contributed by atoms with E-state index in [1.165, 1.54) is 9.80 Å². The first-order chi connectivity index (χ1) is 45.0. The van der Waals surface area contributed by atoms with Gasteiger partial charge in [0.15, 0.2) is 17.9 Å². The van der Waals surface area contributed by atoms with E-state index in [1.807, 2.05) is 30.3 Å². The molecule has 2 aromatic carbocycles. The van der Waals surface area contributed by atoms with Crippen LogP contribution in [0.5, 0.6) is 0 Å². The molecule has 4 aliphatic heterocycles. The molecular weight excluding hydrogens is 1230 g/mol. The SMILES string of the molecule is NC(N)=NCCC[C@@H](N)C(=O)N[C@@H](CCCN=C(N)N)C(=O)N1CCC[C@H]1C(=O)N1C[C@H](O)C[C@H]1C(=O)NCC(=O)N[C@@H](Cc1ccccc1)C(=O)N[C@@H](CO)C(=O)N1C[C@@H](Sc2ccccc2)C[C@@H]1CN1C(C(=O)N[C@@H](CCCN=C(N)N)C(=O)O)CC2CCCCC21. The molecule has 32 heteroatoms. The van der Waals surface area contributed by atoms with Gasteiger partial charge >= 0.3 is 5.97 Å². The number of aliphatic carboxylic acids is 1. The first-order valence-electron chi connectivity index (χ1n) is 32.4. The quantitative estimate of drug-likeness (QED) is 0.0185. The second-order valence-electron chi connectivity index (χ2n) is 24.8. The fourth-order valence-electron chi connectivity index (χ4n) is 13.4. The van der Waals surface area contributed by atoms with Crippen LogP contribution in [0.3, 0.4) is 0 Å². The average Bonchev–Trinajstić information content (AvgIpc) is 1.63. The van der Waals surface area contributed by atoms with Crippen molar-refractivity contribution in [3.8, 4) is 0 Å². The van der Waals surface area contributed by atoms with E-state index >= 15 is 4.79 Å². The van der Waals surface area contributed by atoms with E-state index in [0.717, 1.165) is 30.6 Å². The minimum absolute atomic E-state index is 0.0200. The van der Waals surface area contributed by atoms with Crippen molar-refractivity contribution >= 4 is 82.9 Å². The highest BCUT2D eigenvalue weighted by molar-refractivity contribution is 8.00. The van der Waals surface area contributed by atoms with Gasteiger partial charge in [0.05, 0.1) is 31.3 Å². The maximum atomic E-state index is 15.0. The van der Waals surface area contributed by atoms with E-state index in [9.17, 15) is 53.7 Å². The van der Waals surface area contributed by atoms with Gasteiger partial charge in [-0.2, -0.15) is 0 Å². The fraction of sp³-hybridized carbons (Fsp3) is 0.613. The maximum Gasteiger partial charge on any atom is 0.326 e. The number of carbonyl (C=O) groups is 9. The molecule has 94 heavy (non-hydrogen) atoms. The molecule has 5 aliphatic rings. The molecule has 13 atom stereocenters. The number of nitrogens with one attached hydrogen (secondary N) is 5. The van der Waals surface area contributed by atoms with E-state index in [0.29, 0.717) is 37.7 Å². The van der Waals surface area contributed by atoms with E-state index in [-0.39, 0.29) is 126 Å². The molecule has 5 fully saturated rings. The van der Waals surface area contributed by atoms with Crippen LogP contribution in [0.25, 0.3) is 0 Å². The lowest BCUT2D eigenvalue weighted by atomic mass is 9.84. The Morgan fingerprint density at radius 2 is 1.21 bits per heavy atom. The number of hydrogen-bond acceptors (Lipinski definition) is 17. The molecule has 516 valence electrons. The van der Waals surface area contributed by atoms with Gasteiger partial charge in [-0.25, -0.2) is 4.79 Å². The van der Waals surface area contributed by atoms with Crippen molar-refractivity contribution in [3.63, 3.8) is 0 Å². The molecule has 7 rings (SSSR count). The Morgan fingerprint density at radius 3 is 1.85 bits per heavy atom. The minimum atomic E-state index is -1.50. The van der Waals surface area contributed by atoms with Crippen molar-refractivity contribution in [1.82, 2.24) is 46.2 Å². The van der Waals surface area contributed by atoms with E-state index < -0.39 is 127 Å². The van der Waals surface area contributed by atoms with Gasteiger partial charge in [0.2, 0.25) is 47.3 Å². The number of rotatable bonds is 33. The van der Waals surface area contributed by atoms with Gasteiger partial charge < -0.3 is 96.7 Å². The molecule has 1 saturated carbocycles. The number of aliphatic imine (C=N–C) groups is 3. The minimum Gasteiger partial charge on any atom is -0.480 e. The molecule has 22 N–H and O–H groups in total. The Hall–Kier alpha value is -8.33. The predicted octanol–water partition coefficient (Wildman–Crippen LogP) is -3.80. The summed E-state index contributed by atoms with van der Waals surface area (Å²) in [7, 11) is 0. The van der Waals surface area contributed by atoms with Crippen molar-refractivity contribution < 1.29 is 58.5 Å². The van der Waals surface area contributed by atoms with Crippen LogP contribution >= 0.6 is 11.8 Å². The van der Waals surface area contributed by atoms with Crippen LogP contribution in [0.1, 0.15) is 102 Å². The van der Waals surface area contributed by atoms with Crippen LogP contribution in [-0.4, -0.2) is 237 Å². The molecule has 4 heterocycles. The number of amides is 8. The lowest BCUT2D eigenvalue weighted by molar-refractivity contribution is -0.148. The molecule has 0 spiro atoms. The number of likely N-dealkylation sites (tertiary alicyclic amines) is 4. The summed E-state index contributed by atoms with van der Waals surface area (Å²) < 4.78 is 0. The number of nitrogens with zero attached hydrogens (tertiary/aromatic N) is 7. The second-order valence-corrected chi connectivity index (χ2v) is 26.1. The van der Waals surface area contributed by atoms with Crippen LogP contribution in [0.15, 0.2) is 80.5 Å². The summed E-state index contributed by atoms with van der Waals surface area (Å²) in [6.07, 6.45) is 5.06. The number of benzene rings is 2. The zero-order chi connectivity index (χ0) is 68.0. The highest BCUT2D eigenvalue weighted by Gasteiger charge is 2.50. The number of hydrogen-bond donors (Lipinski definition) is 15.